The Morgan fingerprint density at radius 2 is 1.82 bits per heavy atom. The van der Waals surface area contributed by atoms with Crippen LogP contribution in [0.3, 0.4) is 0 Å². The number of nitrogens with one attached hydrogen (secondary N) is 1. The van der Waals surface area contributed by atoms with Gasteiger partial charge in [0.05, 0.1) is 13.2 Å². The normalized spacial score (nSPS) is 11.9. The zero-order valence-corrected chi connectivity index (χ0v) is 13.9. The first-order chi connectivity index (χ1) is 10.4. The summed E-state index contributed by atoms with van der Waals surface area (Å²) in [5.41, 5.74) is 2.24. The van der Waals surface area contributed by atoms with Gasteiger partial charge < -0.3 is 9.64 Å². The van der Waals surface area contributed by atoms with Crippen molar-refractivity contribution in [3.8, 4) is 0 Å². The first-order valence-corrected chi connectivity index (χ1v) is 7.28. The van der Waals surface area contributed by atoms with E-state index in [1.165, 1.54) is 7.11 Å². The molecule has 6 nitrogen and oxygen atoms in total. The Balaban J connectivity index is 2.71. The van der Waals surface area contributed by atoms with E-state index in [4.69, 9.17) is 0 Å². The minimum atomic E-state index is -0.733. The maximum absolute atomic E-state index is 12.0. The van der Waals surface area contributed by atoms with Crippen molar-refractivity contribution in [3.63, 3.8) is 0 Å². The van der Waals surface area contributed by atoms with Gasteiger partial charge in [0.25, 0.3) is 0 Å². The number of anilines is 1. The number of carbonyl (C=O) groups excluding carboxylic acids is 2. The highest BCUT2D eigenvalue weighted by Gasteiger charge is 2.22. The van der Waals surface area contributed by atoms with Crippen molar-refractivity contribution in [1.82, 2.24) is 10.2 Å². The molecule has 1 aromatic rings. The number of rotatable bonds is 6. The molecule has 1 atom stereocenters. The topological polar surface area (TPSA) is 61.9 Å². The van der Waals surface area contributed by atoms with Gasteiger partial charge >= 0.3 is 6.09 Å². The van der Waals surface area contributed by atoms with Crippen LogP contribution in [0.2, 0.25) is 0 Å². The summed E-state index contributed by atoms with van der Waals surface area (Å²) in [4.78, 5) is 27.1. The number of carbonyl (C=O) groups is 2. The van der Waals surface area contributed by atoms with E-state index < -0.39 is 12.1 Å². The molecule has 2 amide bonds. The number of amides is 2. The largest absolute Gasteiger partial charge is 0.453 e. The lowest BCUT2D eigenvalue weighted by molar-refractivity contribution is -0.125. The quantitative estimate of drug-likeness (QED) is 0.869. The highest BCUT2D eigenvalue weighted by atomic mass is 16.5. The number of alkyl carbamates (subject to hydrolysis) is 1. The third-order valence-corrected chi connectivity index (χ3v) is 3.58. The van der Waals surface area contributed by atoms with Gasteiger partial charge in [-0.15, -0.1) is 0 Å². The molecule has 1 rings (SSSR count). The van der Waals surface area contributed by atoms with Crippen molar-refractivity contribution >= 4 is 17.7 Å². The number of benzene rings is 1. The molecule has 0 aromatic heterocycles. The monoisotopic (exact) mass is 307 g/mol. The first kappa shape index (κ1) is 18.0. The van der Waals surface area contributed by atoms with Crippen molar-refractivity contribution in [3.05, 3.63) is 29.8 Å². The Kier molecular flexibility index (Phi) is 6.85. The van der Waals surface area contributed by atoms with Crippen molar-refractivity contribution in [1.29, 1.82) is 0 Å². The molecule has 0 heterocycles. The summed E-state index contributed by atoms with van der Waals surface area (Å²) in [5, 5.41) is 2.21. The molecule has 0 radical (unpaired) electrons. The second-order valence-corrected chi connectivity index (χ2v) is 5.28. The number of hydrogen-bond acceptors (Lipinski definition) is 5. The summed E-state index contributed by atoms with van der Waals surface area (Å²) < 4.78 is 4.44. The van der Waals surface area contributed by atoms with Crippen LogP contribution in [0, 0.1) is 0 Å². The minimum absolute atomic E-state index is 0.362. The number of hydrogen-bond donors (Lipinski definition) is 1. The maximum atomic E-state index is 12.0. The fourth-order valence-electron chi connectivity index (χ4n) is 2.08. The average molecular weight is 307 g/mol. The molecule has 122 valence electrons. The number of likely N-dealkylation sites (N-methyl/N-ethyl adjacent to an activating group) is 1. The van der Waals surface area contributed by atoms with Gasteiger partial charge in [-0.25, -0.2) is 4.79 Å². The Morgan fingerprint density at radius 1 is 1.23 bits per heavy atom. The van der Waals surface area contributed by atoms with Crippen LogP contribution in [0.1, 0.15) is 19.4 Å². The van der Waals surface area contributed by atoms with Crippen LogP contribution in [0.5, 0.6) is 0 Å². The third kappa shape index (κ3) is 5.04. The second kappa shape index (κ2) is 8.38. The highest BCUT2D eigenvalue weighted by molar-refractivity contribution is 5.94. The molecule has 0 aliphatic carbocycles. The molecule has 0 aliphatic heterocycles. The summed E-state index contributed by atoms with van der Waals surface area (Å²) in [6.07, 6.45) is -0.733. The van der Waals surface area contributed by atoms with Crippen molar-refractivity contribution in [2.45, 2.75) is 26.4 Å². The highest BCUT2D eigenvalue weighted by Crippen LogP contribution is 2.15. The van der Waals surface area contributed by atoms with E-state index in [2.05, 4.69) is 10.1 Å². The van der Waals surface area contributed by atoms with Gasteiger partial charge in [0, 0.05) is 26.3 Å². The number of imide groups is 1. The van der Waals surface area contributed by atoms with Gasteiger partial charge in [0.15, 0.2) is 0 Å². The van der Waals surface area contributed by atoms with Gasteiger partial charge in [-0.05, 0) is 31.2 Å². The van der Waals surface area contributed by atoms with E-state index >= 15 is 0 Å². The molecule has 0 bridgehead atoms. The molecule has 6 heteroatoms. The van der Waals surface area contributed by atoms with Crippen LogP contribution in [0.15, 0.2) is 24.3 Å². The molecule has 0 saturated carbocycles. The molecule has 0 spiro atoms. The van der Waals surface area contributed by atoms with Crippen LogP contribution >= 0.6 is 0 Å². The molecule has 1 N–H and O–H groups in total. The van der Waals surface area contributed by atoms with E-state index in [0.29, 0.717) is 13.1 Å². The fourth-order valence-corrected chi connectivity index (χ4v) is 2.08. The summed E-state index contributed by atoms with van der Waals surface area (Å²) in [6, 6.07) is 7.76. The van der Waals surface area contributed by atoms with Crippen LogP contribution in [-0.4, -0.2) is 50.7 Å². The number of methoxy groups -OCH3 is 1. The summed E-state index contributed by atoms with van der Waals surface area (Å²) >= 11 is 0. The SMILES string of the molecule is CCN(Cc1ccc(N(C)C)cc1)[C@@H](C)C(=O)NC(=O)OC. The molecule has 22 heavy (non-hydrogen) atoms. The third-order valence-electron chi connectivity index (χ3n) is 3.58. The number of nitrogens with zero attached hydrogens (tertiary/aromatic N) is 2. The van der Waals surface area contributed by atoms with E-state index in [-0.39, 0.29) is 5.91 Å². The molecule has 0 aliphatic rings. The minimum Gasteiger partial charge on any atom is -0.453 e. The smallest absolute Gasteiger partial charge is 0.413 e. The standard InChI is InChI=1S/C16H25N3O3/c1-6-19(12(2)15(20)17-16(21)22-5)11-13-7-9-14(10-8-13)18(3)4/h7-10,12H,6,11H2,1-5H3,(H,17,20,21)/t12-/m0/s1. The van der Waals surface area contributed by atoms with E-state index in [1.807, 2.05) is 55.1 Å². The Hall–Kier alpha value is -2.08. The number of ether oxygens (including phenoxy) is 1. The molecular weight excluding hydrogens is 282 g/mol. The summed E-state index contributed by atoms with van der Waals surface area (Å²) in [6.45, 7) is 5.09. The average Bonchev–Trinajstić information content (AvgIpc) is 2.52. The molecule has 0 unspecified atom stereocenters. The lowest BCUT2D eigenvalue weighted by atomic mass is 10.1. The Morgan fingerprint density at radius 3 is 2.27 bits per heavy atom. The van der Waals surface area contributed by atoms with Gasteiger partial charge in [0.1, 0.15) is 0 Å². The van der Waals surface area contributed by atoms with E-state index in [0.717, 1.165) is 11.3 Å². The van der Waals surface area contributed by atoms with Gasteiger partial charge in [-0.1, -0.05) is 19.1 Å². The van der Waals surface area contributed by atoms with E-state index in [1.54, 1.807) is 6.92 Å². The second-order valence-electron chi connectivity index (χ2n) is 5.28. The first-order valence-electron chi connectivity index (χ1n) is 7.28. The lowest BCUT2D eigenvalue weighted by Crippen LogP contribution is -2.46. The molecule has 1 aromatic carbocycles. The maximum Gasteiger partial charge on any atom is 0.413 e. The molecule has 0 fully saturated rings. The summed E-state index contributed by atoms with van der Waals surface area (Å²) in [5.74, 6) is -0.362. The van der Waals surface area contributed by atoms with Gasteiger partial charge in [-0.3, -0.25) is 15.0 Å². The summed E-state index contributed by atoms with van der Waals surface area (Å²) in [7, 11) is 5.22. The Labute approximate surface area is 132 Å². The van der Waals surface area contributed by atoms with Crippen molar-refractivity contribution in [2.24, 2.45) is 0 Å². The van der Waals surface area contributed by atoms with Crippen LogP contribution in [0.25, 0.3) is 0 Å². The van der Waals surface area contributed by atoms with E-state index in [9.17, 15) is 9.59 Å². The van der Waals surface area contributed by atoms with Gasteiger partial charge in [0.2, 0.25) is 5.91 Å². The van der Waals surface area contributed by atoms with Crippen molar-refractivity contribution in [2.75, 3.05) is 32.6 Å². The van der Waals surface area contributed by atoms with Crippen molar-refractivity contribution < 1.29 is 14.3 Å². The zero-order valence-electron chi connectivity index (χ0n) is 13.9. The zero-order chi connectivity index (χ0) is 16.7. The van der Waals surface area contributed by atoms with Gasteiger partial charge in [-0.2, -0.15) is 0 Å². The molecular formula is C16H25N3O3. The van der Waals surface area contributed by atoms with Crippen LogP contribution < -0.4 is 10.2 Å². The van der Waals surface area contributed by atoms with Crippen LogP contribution in [-0.2, 0) is 16.1 Å². The predicted molar refractivity (Wildman–Crippen MR) is 86.9 cm³/mol. The van der Waals surface area contributed by atoms with Crippen LogP contribution in [0.4, 0.5) is 10.5 Å². The Bertz CT molecular complexity index is 500. The lowest BCUT2D eigenvalue weighted by Gasteiger charge is -2.26. The molecule has 0 saturated heterocycles. The predicted octanol–water partition coefficient (Wildman–Crippen LogP) is 1.85. The fraction of sp³-hybridized carbons (Fsp3) is 0.500.